The average molecular weight is 1660 g/mol. The number of nitrogens with two attached hydrogens (primary N) is 7. The van der Waals surface area contributed by atoms with Crippen molar-refractivity contribution in [2.45, 2.75) is 0 Å². The van der Waals surface area contributed by atoms with Crippen molar-refractivity contribution >= 4 is 407 Å². The summed E-state index contributed by atoms with van der Waals surface area (Å²) in [4.78, 5) is 63.9. The molecule has 434 valence electrons. The molecule has 21 nitrogen and oxygen atoms in total. The fourth-order valence-electron chi connectivity index (χ4n) is 0. The predicted molar refractivity (Wildman–Crippen MR) is 307 cm³/mol. The molecular formula is C14H56AlCl28N7O14Zr. The van der Waals surface area contributed by atoms with Gasteiger partial charge in [0.15, 0.2) is 0 Å². The molecule has 0 heterocycles. The van der Waals surface area contributed by atoms with E-state index in [2.05, 4.69) is 40.1 Å². The first-order chi connectivity index (χ1) is 15.9. The number of carboxylic acid groups (broad SMARTS) is 7. The molecule has 51 heteroatoms. The maximum absolute atomic E-state index is 9.13. The van der Waals surface area contributed by atoms with E-state index >= 15 is 0 Å². The van der Waals surface area contributed by atoms with Crippen molar-refractivity contribution in [1.29, 1.82) is 0 Å². The van der Waals surface area contributed by atoms with E-state index in [1.165, 1.54) is 0 Å². The second-order valence-corrected chi connectivity index (χ2v) is 4.03. The van der Waals surface area contributed by atoms with Crippen LogP contribution in [0.25, 0.3) is 0 Å². The normalized spacial score (nSPS) is 3.98. The molecule has 0 fully saturated rings. The molecule has 0 aliphatic heterocycles. The molecule has 0 radical (unpaired) electrons. The summed E-state index contributed by atoms with van der Waals surface area (Å²) in [6.07, 6.45) is 0. The van der Waals surface area contributed by atoms with E-state index in [0.717, 1.165) is 0 Å². The molecule has 65 heavy (non-hydrogen) atoms. The van der Waals surface area contributed by atoms with Gasteiger partial charge in [0.25, 0.3) is 0 Å². The molecule has 0 rings (SSSR count). The van der Waals surface area contributed by atoms with Crippen LogP contribution in [0, 0.1) is 0 Å². The van der Waals surface area contributed by atoms with Gasteiger partial charge in [-0.15, -0.1) is 347 Å². The Balaban J connectivity index is -0.00000000373. The number of halogens is 28. The fourth-order valence-corrected chi connectivity index (χ4v) is 0. The molecule has 0 amide bonds. The minimum Gasteiger partial charge on any atom is -0.549 e. The maximum Gasteiger partial charge on any atom is 4.00 e. The van der Waals surface area contributed by atoms with Gasteiger partial charge in [-0.25, -0.2) is 0 Å². The van der Waals surface area contributed by atoms with Gasteiger partial charge in [-0.1, -0.05) is 0 Å². The van der Waals surface area contributed by atoms with E-state index in [9.17, 15) is 0 Å². The molecule has 0 unspecified atom stereocenters. The molecular weight excluding hydrogens is 1600 g/mol. The third-order valence-electron chi connectivity index (χ3n) is 1.17. The summed E-state index contributed by atoms with van der Waals surface area (Å²) in [6.45, 7) is -2.72. The number of carbonyl (C=O) groups excluding carboxylic acids is 7. The van der Waals surface area contributed by atoms with Crippen molar-refractivity contribution < 1.29 is 95.5 Å². The Kier molecular flexibility index (Phi) is 1350. The Morgan fingerprint density at radius 2 is 0.215 bits per heavy atom. The molecule has 0 saturated carbocycles. The molecule has 0 bridgehead atoms. The van der Waals surface area contributed by atoms with Gasteiger partial charge < -0.3 is 109 Å². The van der Waals surface area contributed by atoms with Crippen LogP contribution < -0.4 is 75.9 Å². The average Bonchev–Trinajstić information content (AvgIpc) is 2.80. The number of carbonyl (C=O) groups is 7. The molecule has 0 aromatic heterocycles. The molecule has 0 aliphatic rings. The van der Waals surface area contributed by atoms with E-state index < -0.39 is 41.8 Å². The van der Waals surface area contributed by atoms with Gasteiger partial charge in [0.2, 0.25) is 0 Å². The van der Waals surface area contributed by atoms with Crippen LogP contribution in [0.4, 0.5) is 0 Å². The van der Waals surface area contributed by atoms with Crippen molar-refractivity contribution in [3.05, 3.63) is 0 Å². The molecule has 14 N–H and O–H groups in total. The maximum atomic E-state index is 9.13. The zero-order valence-corrected chi connectivity index (χ0v) is 57.2. The number of rotatable bonds is 7. The molecule has 0 spiro atoms. The SMILES string of the molecule is Cl.Cl.Cl.Cl.Cl.Cl.Cl.Cl.Cl.Cl.Cl.Cl.Cl.Cl.Cl.Cl.Cl.Cl.Cl.Cl.Cl.Cl.Cl.Cl.Cl.Cl.Cl.Cl.NCC(=O)[O-].NCC(=O)[O-].NCC(=O)[O-].NCC(=O)[O-].NCC(=O)[O-].NCC(=O)[O-].NCC(=O)[O-].[Al+3].[Zr+4]. The number of carboxylic acids is 7. The summed E-state index contributed by atoms with van der Waals surface area (Å²) in [5.74, 6) is -8.52. The van der Waals surface area contributed by atoms with Gasteiger partial charge in [-0.2, -0.15) is 0 Å². The monoisotopic (exact) mass is 1640 g/mol. The number of aliphatic carboxylic acids is 7. The second-order valence-electron chi connectivity index (χ2n) is 4.03. The van der Waals surface area contributed by atoms with Crippen LogP contribution in [0.3, 0.4) is 0 Å². The topological polar surface area (TPSA) is 463 Å². The van der Waals surface area contributed by atoms with E-state index in [0.29, 0.717) is 0 Å². The van der Waals surface area contributed by atoms with Crippen molar-refractivity contribution in [2.75, 3.05) is 45.8 Å². The summed E-state index contributed by atoms with van der Waals surface area (Å²) in [7, 11) is 0. The van der Waals surface area contributed by atoms with Crippen molar-refractivity contribution in [3.63, 3.8) is 0 Å². The number of hydrogen-bond donors (Lipinski definition) is 7. The third-order valence-corrected chi connectivity index (χ3v) is 1.17. The minimum absolute atomic E-state index is 0. The Morgan fingerprint density at radius 1 is 0.200 bits per heavy atom. The molecule has 0 saturated heterocycles. The fraction of sp³-hybridized carbons (Fsp3) is 0.500. The predicted octanol–water partition coefficient (Wildman–Crippen LogP) is -4.71. The molecule has 0 aromatic rings. The van der Waals surface area contributed by atoms with Gasteiger partial charge in [-0.05, 0) is 0 Å². The van der Waals surface area contributed by atoms with Crippen molar-refractivity contribution in [3.8, 4) is 0 Å². The van der Waals surface area contributed by atoms with E-state index in [-0.39, 0.29) is 437 Å². The Hall–Kier alpha value is 5.55. The zero-order chi connectivity index (χ0) is 30.0. The van der Waals surface area contributed by atoms with Crippen LogP contribution in [0.15, 0.2) is 0 Å². The van der Waals surface area contributed by atoms with Gasteiger partial charge in [0.1, 0.15) is 0 Å². The first kappa shape index (κ1) is 303. The summed E-state index contributed by atoms with van der Waals surface area (Å²) in [5.41, 5.74) is 31.6. The van der Waals surface area contributed by atoms with Crippen LogP contribution in [0.1, 0.15) is 0 Å². The third kappa shape index (κ3) is 831. The van der Waals surface area contributed by atoms with Crippen molar-refractivity contribution in [1.82, 2.24) is 0 Å². The first-order valence-corrected chi connectivity index (χ1v) is 8.19. The molecule has 0 aromatic carbocycles. The largest absolute Gasteiger partial charge is 4.00 e. The standard InChI is InChI=1S/7C2H5NO2.Al.28ClH.Zr/c7*3-1-2(4)5;;;;;;;;;;;;;;;;;;;;;;;;;;;;;;/h7*1,3H2,(H,4,5);;28*1H;/q;;;;;;;+3;;;;;;;;;;;;;;;;;;;;;;;;;;;;;+4/p-7. The van der Waals surface area contributed by atoms with Crippen LogP contribution in [-0.4, -0.2) is 105 Å². The van der Waals surface area contributed by atoms with E-state index in [4.69, 9.17) is 69.3 Å². The Labute approximate surface area is 580 Å². The van der Waals surface area contributed by atoms with Crippen LogP contribution in [0.2, 0.25) is 0 Å². The van der Waals surface area contributed by atoms with Gasteiger partial charge in [-0.3, -0.25) is 0 Å². The first-order valence-electron chi connectivity index (χ1n) is 8.19. The smallest absolute Gasteiger partial charge is 0.549 e. The molecule has 0 aliphatic carbocycles. The quantitative estimate of drug-likeness (QED) is 0.118. The van der Waals surface area contributed by atoms with Gasteiger partial charge >= 0.3 is 43.6 Å². The second kappa shape index (κ2) is 290. The van der Waals surface area contributed by atoms with Gasteiger partial charge in [0.05, 0.1) is 41.8 Å². The van der Waals surface area contributed by atoms with E-state index in [1.807, 2.05) is 0 Å². The van der Waals surface area contributed by atoms with Crippen LogP contribution in [-0.2, 0) is 59.8 Å². The Bertz CT molecular complexity index is 515. The number of hydrogen-bond acceptors (Lipinski definition) is 21. The van der Waals surface area contributed by atoms with Crippen LogP contribution >= 0.6 is 347 Å². The Morgan fingerprint density at radius 3 is 0.215 bits per heavy atom. The minimum atomic E-state index is -1.22. The zero-order valence-electron chi connectivity index (χ0n) is 30.7. The van der Waals surface area contributed by atoms with E-state index in [1.54, 1.807) is 0 Å². The van der Waals surface area contributed by atoms with Crippen LogP contribution in [0.5, 0.6) is 0 Å². The molecule has 0 atom stereocenters. The summed E-state index contributed by atoms with van der Waals surface area (Å²) < 4.78 is 0. The summed E-state index contributed by atoms with van der Waals surface area (Å²) in [6, 6.07) is 0. The van der Waals surface area contributed by atoms with Crippen molar-refractivity contribution in [2.24, 2.45) is 40.1 Å². The summed E-state index contributed by atoms with van der Waals surface area (Å²) in [5, 5.41) is 63.9. The summed E-state index contributed by atoms with van der Waals surface area (Å²) >= 11 is 0. The van der Waals surface area contributed by atoms with Gasteiger partial charge in [0, 0.05) is 45.8 Å².